The van der Waals surface area contributed by atoms with Crippen molar-refractivity contribution < 1.29 is 4.79 Å². The van der Waals surface area contributed by atoms with E-state index in [9.17, 15) is 4.79 Å². The highest BCUT2D eigenvalue weighted by atomic mass is 16.2. The SMILES string of the molecule is Cc1ccccc1[C@@H]1c2cccn2CCN1C(=O)NC1CCCCC1. The van der Waals surface area contributed by atoms with Gasteiger partial charge in [-0.2, -0.15) is 0 Å². The van der Waals surface area contributed by atoms with E-state index in [0.717, 1.165) is 25.9 Å². The van der Waals surface area contributed by atoms with E-state index in [-0.39, 0.29) is 12.1 Å². The number of benzene rings is 1. The van der Waals surface area contributed by atoms with Gasteiger partial charge in [-0.05, 0) is 43.0 Å². The molecule has 2 aliphatic rings. The molecule has 2 heterocycles. The van der Waals surface area contributed by atoms with Crippen molar-refractivity contribution in [3.63, 3.8) is 0 Å². The van der Waals surface area contributed by atoms with Crippen LogP contribution in [0.3, 0.4) is 0 Å². The first-order valence-electron chi connectivity index (χ1n) is 9.52. The van der Waals surface area contributed by atoms with Gasteiger partial charge >= 0.3 is 6.03 Å². The van der Waals surface area contributed by atoms with Gasteiger partial charge in [-0.15, -0.1) is 0 Å². The molecule has 1 aromatic carbocycles. The second kappa shape index (κ2) is 6.95. The molecule has 0 spiro atoms. The third-order valence-corrected chi connectivity index (χ3v) is 5.71. The minimum absolute atomic E-state index is 0.00598. The Hall–Kier alpha value is -2.23. The average Bonchev–Trinajstić information content (AvgIpc) is 3.11. The molecule has 1 aliphatic carbocycles. The van der Waals surface area contributed by atoms with Gasteiger partial charge < -0.3 is 14.8 Å². The second-order valence-corrected chi connectivity index (χ2v) is 7.36. The Labute approximate surface area is 149 Å². The lowest BCUT2D eigenvalue weighted by molar-refractivity contribution is 0.162. The zero-order chi connectivity index (χ0) is 17.2. The molecule has 1 N–H and O–H groups in total. The van der Waals surface area contributed by atoms with E-state index in [0.29, 0.717) is 6.04 Å². The van der Waals surface area contributed by atoms with Crippen molar-refractivity contribution in [2.45, 2.75) is 57.7 Å². The Kier molecular flexibility index (Phi) is 4.51. The summed E-state index contributed by atoms with van der Waals surface area (Å²) < 4.78 is 2.28. The van der Waals surface area contributed by atoms with Crippen molar-refractivity contribution in [3.05, 3.63) is 59.4 Å². The van der Waals surface area contributed by atoms with Gasteiger partial charge in [-0.25, -0.2) is 4.79 Å². The standard InChI is InChI=1S/C21H27N3O/c1-16-8-5-6-11-18(16)20-19-12-7-13-23(19)14-15-24(20)21(25)22-17-9-3-2-4-10-17/h5-8,11-13,17,20H,2-4,9-10,14-15H2,1H3,(H,22,25)/t20-/m1/s1. The third-order valence-electron chi connectivity index (χ3n) is 5.71. The molecule has 1 aromatic heterocycles. The number of nitrogens with zero attached hydrogens (tertiary/aromatic N) is 2. The fourth-order valence-corrected chi connectivity index (χ4v) is 4.33. The van der Waals surface area contributed by atoms with Gasteiger partial charge in [0.15, 0.2) is 0 Å². The van der Waals surface area contributed by atoms with Crippen LogP contribution in [0.5, 0.6) is 0 Å². The van der Waals surface area contributed by atoms with Crippen LogP contribution in [0.25, 0.3) is 0 Å². The minimum Gasteiger partial charge on any atom is -0.348 e. The fraction of sp³-hybridized carbons (Fsp3) is 0.476. The van der Waals surface area contributed by atoms with Crippen LogP contribution in [0.4, 0.5) is 4.79 Å². The van der Waals surface area contributed by atoms with Crippen LogP contribution in [-0.2, 0) is 6.54 Å². The van der Waals surface area contributed by atoms with Crippen LogP contribution >= 0.6 is 0 Å². The van der Waals surface area contributed by atoms with E-state index in [4.69, 9.17) is 0 Å². The lowest BCUT2D eigenvalue weighted by Crippen LogP contribution is -2.50. The second-order valence-electron chi connectivity index (χ2n) is 7.36. The topological polar surface area (TPSA) is 37.3 Å². The predicted molar refractivity (Wildman–Crippen MR) is 99.6 cm³/mol. The number of amides is 2. The molecule has 0 bridgehead atoms. The minimum atomic E-state index is -0.00598. The number of urea groups is 1. The first kappa shape index (κ1) is 16.2. The molecule has 4 heteroatoms. The summed E-state index contributed by atoms with van der Waals surface area (Å²) in [5, 5.41) is 3.31. The van der Waals surface area contributed by atoms with Gasteiger partial charge in [0, 0.05) is 31.0 Å². The summed E-state index contributed by atoms with van der Waals surface area (Å²) in [5.74, 6) is 0. The molecule has 0 saturated heterocycles. The number of fused-ring (bicyclic) bond motifs is 1. The Morgan fingerprint density at radius 3 is 2.64 bits per heavy atom. The summed E-state index contributed by atoms with van der Waals surface area (Å²) in [4.78, 5) is 15.1. The lowest BCUT2D eigenvalue weighted by Gasteiger charge is -2.39. The first-order valence-corrected chi connectivity index (χ1v) is 9.52. The first-order chi connectivity index (χ1) is 12.2. The van der Waals surface area contributed by atoms with Crippen molar-refractivity contribution in [2.75, 3.05) is 6.54 Å². The molecule has 1 atom stereocenters. The van der Waals surface area contributed by atoms with E-state index >= 15 is 0 Å². The fourth-order valence-electron chi connectivity index (χ4n) is 4.33. The van der Waals surface area contributed by atoms with Crippen LogP contribution in [0.1, 0.15) is 55.0 Å². The van der Waals surface area contributed by atoms with Crippen LogP contribution in [0.2, 0.25) is 0 Å². The molecule has 4 nitrogen and oxygen atoms in total. The van der Waals surface area contributed by atoms with Crippen molar-refractivity contribution in [2.24, 2.45) is 0 Å². The molecule has 0 unspecified atom stereocenters. The summed E-state index contributed by atoms with van der Waals surface area (Å²) in [7, 11) is 0. The van der Waals surface area contributed by atoms with Crippen LogP contribution in [-0.4, -0.2) is 28.1 Å². The van der Waals surface area contributed by atoms with Gasteiger partial charge in [0.2, 0.25) is 0 Å². The molecule has 132 valence electrons. The summed E-state index contributed by atoms with van der Waals surface area (Å²) >= 11 is 0. The third kappa shape index (κ3) is 3.17. The molecular weight excluding hydrogens is 310 g/mol. The van der Waals surface area contributed by atoms with Crippen molar-refractivity contribution in [1.29, 1.82) is 0 Å². The molecule has 1 saturated carbocycles. The quantitative estimate of drug-likeness (QED) is 0.874. The smallest absolute Gasteiger partial charge is 0.318 e. The highest BCUT2D eigenvalue weighted by Crippen LogP contribution is 2.34. The molecule has 2 aromatic rings. The highest BCUT2D eigenvalue weighted by Gasteiger charge is 2.33. The maximum atomic E-state index is 13.1. The number of hydrogen-bond donors (Lipinski definition) is 1. The van der Waals surface area contributed by atoms with Gasteiger partial charge in [-0.3, -0.25) is 0 Å². The van der Waals surface area contributed by atoms with E-state index < -0.39 is 0 Å². The number of nitrogens with one attached hydrogen (secondary N) is 1. The molecule has 25 heavy (non-hydrogen) atoms. The molecule has 1 fully saturated rings. The Morgan fingerprint density at radius 2 is 1.84 bits per heavy atom. The normalized spacial score (nSPS) is 21.0. The van der Waals surface area contributed by atoms with Crippen molar-refractivity contribution in [1.82, 2.24) is 14.8 Å². The molecule has 2 amide bonds. The predicted octanol–water partition coefficient (Wildman–Crippen LogP) is 4.24. The maximum absolute atomic E-state index is 13.1. The van der Waals surface area contributed by atoms with E-state index in [1.807, 2.05) is 4.90 Å². The van der Waals surface area contributed by atoms with Crippen LogP contribution in [0, 0.1) is 6.92 Å². The van der Waals surface area contributed by atoms with E-state index in [2.05, 4.69) is 59.4 Å². The van der Waals surface area contributed by atoms with E-state index in [1.54, 1.807) is 0 Å². The average molecular weight is 337 g/mol. The molecule has 1 aliphatic heterocycles. The zero-order valence-electron chi connectivity index (χ0n) is 14.9. The number of carbonyl (C=O) groups excluding carboxylic acids is 1. The summed E-state index contributed by atoms with van der Waals surface area (Å²) in [6.45, 7) is 3.75. The number of rotatable bonds is 2. The van der Waals surface area contributed by atoms with Gasteiger partial charge in [-0.1, -0.05) is 43.5 Å². The number of carbonyl (C=O) groups is 1. The molecular formula is C21H27N3O. The Balaban J connectivity index is 1.64. The Bertz CT molecular complexity index is 745. The molecule has 4 rings (SSSR count). The van der Waals surface area contributed by atoms with Gasteiger partial charge in [0.25, 0.3) is 0 Å². The summed E-state index contributed by atoms with van der Waals surface area (Å²) in [5.41, 5.74) is 3.66. The number of aromatic nitrogens is 1. The van der Waals surface area contributed by atoms with Crippen molar-refractivity contribution in [3.8, 4) is 0 Å². The largest absolute Gasteiger partial charge is 0.348 e. The van der Waals surface area contributed by atoms with Gasteiger partial charge in [0.05, 0.1) is 6.04 Å². The summed E-state index contributed by atoms with van der Waals surface area (Å²) in [6.07, 6.45) is 8.12. The number of aryl methyl sites for hydroxylation is 1. The monoisotopic (exact) mass is 337 g/mol. The van der Waals surface area contributed by atoms with Crippen molar-refractivity contribution >= 4 is 6.03 Å². The highest BCUT2D eigenvalue weighted by molar-refractivity contribution is 5.76. The van der Waals surface area contributed by atoms with E-state index in [1.165, 1.54) is 36.1 Å². The van der Waals surface area contributed by atoms with Crippen LogP contribution < -0.4 is 5.32 Å². The molecule has 0 radical (unpaired) electrons. The van der Waals surface area contributed by atoms with Crippen LogP contribution in [0.15, 0.2) is 42.6 Å². The lowest BCUT2D eigenvalue weighted by atomic mass is 9.95. The van der Waals surface area contributed by atoms with Gasteiger partial charge in [0.1, 0.15) is 0 Å². The zero-order valence-corrected chi connectivity index (χ0v) is 14.9. The Morgan fingerprint density at radius 1 is 1.04 bits per heavy atom. The summed E-state index contributed by atoms with van der Waals surface area (Å²) in [6, 6.07) is 13.1. The number of hydrogen-bond acceptors (Lipinski definition) is 1. The maximum Gasteiger partial charge on any atom is 0.318 e.